The second-order valence-electron chi connectivity index (χ2n) is 5.28. The molecule has 0 radical (unpaired) electrons. The van der Waals surface area contributed by atoms with E-state index in [1.54, 1.807) is 0 Å². The van der Waals surface area contributed by atoms with Crippen molar-refractivity contribution in [3.63, 3.8) is 0 Å². The Kier molecular flexibility index (Phi) is 5.21. The van der Waals surface area contributed by atoms with Crippen molar-refractivity contribution in [2.45, 2.75) is 27.3 Å². The molecule has 1 aromatic heterocycles. The van der Waals surface area contributed by atoms with E-state index in [1.165, 1.54) is 11.1 Å². The Balaban J connectivity index is 2.32. The normalized spacial score (nSPS) is 10.7. The topological polar surface area (TPSA) is 28.2 Å². The van der Waals surface area contributed by atoms with Gasteiger partial charge < -0.3 is 10.2 Å². The molecule has 1 aromatic carbocycles. The van der Waals surface area contributed by atoms with Crippen molar-refractivity contribution in [1.82, 2.24) is 10.3 Å². The van der Waals surface area contributed by atoms with Gasteiger partial charge in [0, 0.05) is 19.3 Å². The fraction of sp³-hybridized carbons (Fsp3) is 0.353. The van der Waals surface area contributed by atoms with Crippen molar-refractivity contribution < 1.29 is 0 Å². The lowest BCUT2D eigenvalue weighted by molar-refractivity contribution is 0.710. The van der Waals surface area contributed by atoms with Gasteiger partial charge in [-0.1, -0.05) is 24.6 Å². The first-order chi connectivity index (χ1) is 10.0. The number of aromatic nitrogens is 1. The molecule has 1 N–H and O–H groups in total. The summed E-state index contributed by atoms with van der Waals surface area (Å²) in [5, 5.41) is 3.97. The van der Waals surface area contributed by atoms with Crippen LogP contribution in [0.4, 0.5) is 11.5 Å². The van der Waals surface area contributed by atoms with Gasteiger partial charge in [-0.05, 0) is 55.8 Å². The first kappa shape index (κ1) is 15.8. The molecule has 0 aliphatic heterocycles. The van der Waals surface area contributed by atoms with Crippen molar-refractivity contribution in [1.29, 1.82) is 0 Å². The number of aryl methyl sites for hydroxylation is 2. The van der Waals surface area contributed by atoms with Crippen LogP contribution in [0, 0.1) is 13.8 Å². The van der Waals surface area contributed by atoms with Crippen LogP contribution >= 0.6 is 11.6 Å². The summed E-state index contributed by atoms with van der Waals surface area (Å²) in [7, 11) is 2.03. The fourth-order valence-electron chi connectivity index (χ4n) is 2.30. The van der Waals surface area contributed by atoms with Gasteiger partial charge in [-0.2, -0.15) is 0 Å². The Bertz CT molecular complexity index is 605. The molecule has 0 aliphatic rings. The highest BCUT2D eigenvalue weighted by atomic mass is 35.5. The number of nitrogens with zero attached hydrogens (tertiary/aromatic N) is 2. The van der Waals surface area contributed by atoms with Crippen LogP contribution in [-0.4, -0.2) is 18.6 Å². The van der Waals surface area contributed by atoms with Gasteiger partial charge in [0.1, 0.15) is 5.82 Å². The predicted molar refractivity (Wildman–Crippen MR) is 90.6 cm³/mol. The number of halogens is 1. The molecule has 2 rings (SSSR count). The van der Waals surface area contributed by atoms with Gasteiger partial charge in [-0.15, -0.1) is 0 Å². The van der Waals surface area contributed by atoms with Crippen LogP contribution in [0.1, 0.15) is 23.7 Å². The second-order valence-corrected chi connectivity index (χ2v) is 5.69. The van der Waals surface area contributed by atoms with Crippen molar-refractivity contribution in [3.8, 4) is 0 Å². The van der Waals surface area contributed by atoms with Crippen LogP contribution in [0.15, 0.2) is 30.3 Å². The first-order valence-corrected chi connectivity index (χ1v) is 7.57. The van der Waals surface area contributed by atoms with Crippen LogP contribution in [0.5, 0.6) is 0 Å². The van der Waals surface area contributed by atoms with Gasteiger partial charge >= 0.3 is 0 Å². The summed E-state index contributed by atoms with van der Waals surface area (Å²) in [4.78, 5) is 6.77. The van der Waals surface area contributed by atoms with Crippen molar-refractivity contribution in [2.24, 2.45) is 0 Å². The summed E-state index contributed by atoms with van der Waals surface area (Å²) in [6, 6.07) is 10.4. The Hall–Kier alpha value is -1.58. The smallest absolute Gasteiger partial charge is 0.133 e. The fourth-order valence-corrected chi connectivity index (χ4v) is 2.48. The number of pyridine rings is 1. The molecule has 112 valence electrons. The van der Waals surface area contributed by atoms with E-state index < -0.39 is 0 Å². The van der Waals surface area contributed by atoms with Crippen molar-refractivity contribution >= 4 is 23.1 Å². The van der Waals surface area contributed by atoms with E-state index in [0.717, 1.165) is 23.7 Å². The average Bonchev–Trinajstić information content (AvgIpc) is 2.44. The summed E-state index contributed by atoms with van der Waals surface area (Å²) in [6.45, 7) is 7.87. The number of benzene rings is 1. The maximum Gasteiger partial charge on any atom is 0.133 e. The van der Waals surface area contributed by atoms with Gasteiger partial charge in [0.25, 0.3) is 0 Å². The molecular weight excluding hydrogens is 282 g/mol. The van der Waals surface area contributed by atoms with E-state index in [2.05, 4.69) is 54.2 Å². The van der Waals surface area contributed by atoms with Crippen LogP contribution < -0.4 is 10.2 Å². The summed E-state index contributed by atoms with van der Waals surface area (Å²) in [6.07, 6.45) is 0. The predicted octanol–water partition coefficient (Wildman–Crippen LogP) is 4.23. The van der Waals surface area contributed by atoms with Crippen molar-refractivity contribution in [2.75, 3.05) is 18.5 Å². The van der Waals surface area contributed by atoms with Crippen molar-refractivity contribution in [3.05, 3.63) is 52.2 Å². The molecular formula is C17H22ClN3. The zero-order valence-corrected chi connectivity index (χ0v) is 13.8. The van der Waals surface area contributed by atoms with Crippen LogP contribution in [-0.2, 0) is 6.54 Å². The number of nitrogens with one attached hydrogen (secondary N) is 1. The maximum atomic E-state index is 6.21. The molecule has 21 heavy (non-hydrogen) atoms. The van der Waals surface area contributed by atoms with Gasteiger partial charge in [0.15, 0.2) is 0 Å². The number of hydrogen-bond acceptors (Lipinski definition) is 3. The molecule has 0 atom stereocenters. The zero-order chi connectivity index (χ0) is 15.4. The quantitative estimate of drug-likeness (QED) is 0.896. The molecule has 0 aliphatic carbocycles. The molecule has 0 saturated carbocycles. The van der Waals surface area contributed by atoms with E-state index in [4.69, 9.17) is 11.6 Å². The largest absolute Gasteiger partial charge is 0.329 e. The molecule has 0 fully saturated rings. The highest BCUT2D eigenvalue weighted by Gasteiger charge is 2.09. The maximum absolute atomic E-state index is 6.21. The molecule has 0 unspecified atom stereocenters. The average molecular weight is 304 g/mol. The van der Waals surface area contributed by atoms with E-state index in [9.17, 15) is 0 Å². The molecule has 0 spiro atoms. The highest BCUT2D eigenvalue weighted by Crippen LogP contribution is 2.26. The third-order valence-electron chi connectivity index (χ3n) is 3.38. The lowest BCUT2D eigenvalue weighted by atomic mass is 10.1. The molecule has 1 heterocycles. The number of rotatable bonds is 5. The molecule has 0 amide bonds. The minimum Gasteiger partial charge on any atom is -0.329 e. The SMILES string of the molecule is CCNCc1nc(N(C)c2cc(C)cc(C)c2)ccc1Cl. The number of anilines is 2. The summed E-state index contributed by atoms with van der Waals surface area (Å²) < 4.78 is 0. The lowest BCUT2D eigenvalue weighted by Gasteiger charge is -2.20. The Morgan fingerprint density at radius 2 is 1.81 bits per heavy atom. The molecule has 4 heteroatoms. The lowest BCUT2D eigenvalue weighted by Crippen LogP contribution is -2.16. The van der Waals surface area contributed by atoms with Gasteiger partial charge in [0.05, 0.1) is 10.7 Å². The minimum atomic E-state index is 0.684. The Morgan fingerprint density at radius 1 is 1.14 bits per heavy atom. The Labute approximate surface area is 132 Å². The Morgan fingerprint density at radius 3 is 2.43 bits per heavy atom. The monoisotopic (exact) mass is 303 g/mol. The molecule has 0 bridgehead atoms. The van der Waals surface area contributed by atoms with E-state index >= 15 is 0 Å². The van der Waals surface area contributed by atoms with Crippen LogP contribution in [0.2, 0.25) is 5.02 Å². The van der Waals surface area contributed by atoms with E-state index in [-0.39, 0.29) is 0 Å². The minimum absolute atomic E-state index is 0.684. The van der Waals surface area contributed by atoms with Gasteiger partial charge in [-0.25, -0.2) is 4.98 Å². The first-order valence-electron chi connectivity index (χ1n) is 7.19. The third-order valence-corrected chi connectivity index (χ3v) is 3.73. The highest BCUT2D eigenvalue weighted by molar-refractivity contribution is 6.31. The molecule has 3 nitrogen and oxygen atoms in total. The van der Waals surface area contributed by atoms with E-state index in [1.807, 2.05) is 19.2 Å². The standard InChI is InChI=1S/C17H22ClN3/c1-5-19-11-16-15(18)6-7-17(20-16)21(4)14-9-12(2)8-13(3)10-14/h6-10,19H,5,11H2,1-4H3. The van der Waals surface area contributed by atoms with Crippen LogP contribution in [0.3, 0.4) is 0 Å². The second kappa shape index (κ2) is 6.92. The zero-order valence-electron chi connectivity index (χ0n) is 13.1. The number of hydrogen-bond donors (Lipinski definition) is 1. The van der Waals surface area contributed by atoms with E-state index in [0.29, 0.717) is 11.6 Å². The molecule has 2 aromatic rings. The summed E-state index contributed by atoms with van der Waals surface area (Å²) >= 11 is 6.21. The van der Waals surface area contributed by atoms with Gasteiger partial charge in [0.2, 0.25) is 0 Å². The molecule has 0 saturated heterocycles. The summed E-state index contributed by atoms with van der Waals surface area (Å²) in [5.41, 5.74) is 4.52. The summed E-state index contributed by atoms with van der Waals surface area (Å²) in [5.74, 6) is 0.900. The van der Waals surface area contributed by atoms with Gasteiger partial charge in [-0.3, -0.25) is 0 Å². The third kappa shape index (κ3) is 3.96. The van der Waals surface area contributed by atoms with Crippen LogP contribution in [0.25, 0.3) is 0 Å².